The third-order valence-electron chi connectivity index (χ3n) is 3.12. The van der Waals surface area contributed by atoms with Crippen molar-refractivity contribution in [1.29, 1.82) is 5.26 Å². The number of thiazole rings is 1. The van der Waals surface area contributed by atoms with E-state index in [0.717, 1.165) is 26.5 Å². The molecule has 0 N–H and O–H groups in total. The molecule has 3 aromatic rings. The summed E-state index contributed by atoms with van der Waals surface area (Å²) in [5.41, 5.74) is 2.42. The van der Waals surface area contributed by atoms with Crippen LogP contribution in [0.4, 0.5) is 0 Å². The minimum absolute atomic E-state index is 0.565. The van der Waals surface area contributed by atoms with Crippen LogP contribution in [0.25, 0.3) is 21.9 Å². The fourth-order valence-corrected chi connectivity index (χ4v) is 3.09. The zero-order valence-electron chi connectivity index (χ0n) is 12.1. The Morgan fingerprint density at radius 1 is 1.27 bits per heavy atom. The van der Waals surface area contributed by atoms with Gasteiger partial charge in [-0.2, -0.15) is 5.26 Å². The number of aromatic nitrogens is 1. The number of para-hydroxylation sites is 1. The molecule has 22 heavy (non-hydrogen) atoms. The number of benzene rings is 2. The zero-order chi connectivity index (χ0) is 15.4. The number of allylic oxidation sites excluding steroid dienone is 1. The van der Waals surface area contributed by atoms with Gasteiger partial charge in [-0.3, -0.25) is 0 Å². The molecule has 0 spiro atoms. The molecule has 0 aliphatic heterocycles. The zero-order valence-corrected chi connectivity index (χ0v) is 12.9. The number of rotatable bonds is 4. The van der Waals surface area contributed by atoms with E-state index in [-0.39, 0.29) is 0 Å². The second-order valence-corrected chi connectivity index (χ2v) is 5.69. The lowest BCUT2D eigenvalue weighted by molar-refractivity contribution is 0.340. The van der Waals surface area contributed by atoms with Crippen LogP contribution in [0, 0.1) is 11.3 Å². The summed E-state index contributed by atoms with van der Waals surface area (Å²) >= 11 is 1.53. The van der Waals surface area contributed by atoms with Crippen molar-refractivity contribution in [2.45, 2.75) is 6.92 Å². The molecule has 0 atom stereocenters. The Morgan fingerprint density at radius 3 is 2.91 bits per heavy atom. The second-order valence-electron chi connectivity index (χ2n) is 4.66. The minimum Gasteiger partial charge on any atom is -0.494 e. The number of hydrogen-bond acceptors (Lipinski definition) is 4. The Morgan fingerprint density at radius 2 is 2.14 bits per heavy atom. The standard InChI is InChI=1S/C18H14N2OS/c1-2-21-15-7-5-6-13(11-15)10-14(12-19)18-20-16-8-3-4-9-17(16)22-18/h3-11H,2H2,1H3. The summed E-state index contributed by atoms with van der Waals surface area (Å²) in [6, 6.07) is 17.9. The molecule has 0 radical (unpaired) electrons. The molecular formula is C18H14N2OS. The molecule has 4 heteroatoms. The summed E-state index contributed by atoms with van der Waals surface area (Å²) in [6.45, 7) is 2.57. The van der Waals surface area contributed by atoms with Crippen LogP contribution < -0.4 is 4.74 Å². The summed E-state index contributed by atoms with van der Waals surface area (Å²) in [5.74, 6) is 0.804. The third-order valence-corrected chi connectivity index (χ3v) is 4.19. The van der Waals surface area contributed by atoms with Crippen LogP contribution >= 0.6 is 11.3 Å². The quantitative estimate of drug-likeness (QED) is 0.653. The Hall–Kier alpha value is -2.64. The predicted molar refractivity (Wildman–Crippen MR) is 90.7 cm³/mol. The number of nitriles is 1. The monoisotopic (exact) mass is 306 g/mol. The van der Waals surface area contributed by atoms with E-state index in [0.29, 0.717) is 12.2 Å². The van der Waals surface area contributed by atoms with Gasteiger partial charge in [0, 0.05) is 0 Å². The first-order valence-corrected chi connectivity index (χ1v) is 7.82. The average Bonchev–Trinajstić information content (AvgIpc) is 2.97. The highest BCUT2D eigenvalue weighted by atomic mass is 32.1. The Kier molecular flexibility index (Phi) is 4.17. The van der Waals surface area contributed by atoms with Crippen molar-refractivity contribution in [2.75, 3.05) is 6.61 Å². The lowest BCUT2D eigenvalue weighted by Crippen LogP contribution is -1.91. The molecule has 0 amide bonds. The van der Waals surface area contributed by atoms with Gasteiger partial charge in [0.2, 0.25) is 0 Å². The SMILES string of the molecule is CCOc1cccc(C=C(C#N)c2nc3ccccc3s2)c1. The lowest BCUT2D eigenvalue weighted by atomic mass is 10.1. The predicted octanol–water partition coefficient (Wildman–Crippen LogP) is 4.76. The molecule has 0 saturated carbocycles. The van der Waals surface area contributed by atoms with E-state index in [2.05, 4.69) is 11.1 Å². The van der Waals surface area contributed by atoms with Crippen LogP contribution in [0.3, 0.4) is 0 Å². The summed E-state index contributed by atoms with van der Waals surface area (Å²) in [5, 5.41) is 10.2. The Bertz CT molecular complexity index is 841. The van der Waals surface area contributed by atoms with Gasteiger partial charge in [0.1, 0.15) is 16.8 Å². The molecular weight excluding hydrogens is 292 g/mol. The number of fused-ring (bicyclic) bond motifs is 1. The molecule has 0 aliphatic carbocycles. The van der Waals surface area contributed by atoms with Crippen LogP contribution in [-0.4, -0.2) is 11.6 Å². The highest BCUT2D eigenvalue weighted by Crippen LogP contribution is 2.28. The summed E-state index contributed by atoms with van der Waals surface area (Å²) in [6.07, 6.45) is 1.85. The van der Waals surface area contributed by atoms with Crippen molar-refractivity contribution in [2.24, 2.45) is 0 Å². The van der Waals surface area contributed by atoms with Gasteiger partial charge in [-0.15, -0.1) is 11.3 Å². The van der Waals surface area contributed by atoms with E-state index >= 15 is 0 Å². The van der Waals surface area contributed by atoms with Crippen molar-refractivity contribution in [1.82, 2.24) is 4.98 Å². The molecule has 2 aromatic carbocycles. The average molecular weight is 306 g/mol. The van der Waals surface area contributed by atoms with Crippen molar-refractivity contribution in [3.63, 3.8) is 0 Å². The first-order chi connectivity index (χ1) is 10.8. The van der Waals surface area contributed by atoms with Crippen LogP contribution in [0.5, 0.6) is 5.75 Å². The van der Waals surface area contributed by atoms with Gasteiger partial charge in [-0.25, -0.2) is 4.98 Å². The lowest BCUT2D eigenvalue weighted by Gasteiger charge is -2.03. The number of ether oxygens (including phenoxy) is 1. The molecule has 1 aromatic heterocycles. The molecule has 0 fully saturated rings. The highest BCUT2D eigenvalue weighted by Gasteiger charge is 2.08. The summed E-state index contributed by atoms with van der Waals surface area (Å²) in [4.78, 5) is 4.54. The molecule has 3 rings (SSSR count). The van der Waals surface area contributed by atoms with Gasteiger partial charge in [0.25, 0.3) is 0 Å². The van der Waals surface area contributed by atoms with Gasteiger partial charge < -0.3 is 4.74 Å². The highest BCUT2D eigenvalue weighted by molar-refractivity contribution is 7.19. The number of hydrogen-bond donors (Lipinski definition) is 0. The second kappa shape index (κ2) is 6.42. The summed E-state index contributed by atoms with van der Waals surface area (Å²) < 4.78 is 6.58. The van der Waals surface area contributed by atoms with Crippen molar-refractivity contribution >= 4 is 33.2 Å². The molecule has 108 valence electrons. The van der Waals surface area contributed by atoms with Crippen LogP contribution in [0.2, 0.25) is 0 Å². The van der Waals surface area contributed by atoms with Crippen LogP contribution in [-0.2, 0) is 0 Å². The first-order valence-electron chi connectivity index (χ1n) is 7.01. The van der Waals surface area contributed by atoms with Gasteiger partial charge >= 0.3 is 0 Å². The molecule has 0 bridgehead atoms. The van der Waals surface area contributed by atoms with E-state index in [4.69, 9.17) is 4.74 Å². The van der Waals surface area contributed by atoms with Gasteiger partial charge in [-0.05, 0) is 42.8 Å². The van der Waals surface area contributed by atoms with Gasteiger partial charge in [0.05, 0.1) is 22.4 Å². The van der Waals surface area contributed by atoms with E-state index in [1.807, 2.05) is 61.5 Å². The maximum absolute atomic E-state index is 9.46. The fourth-order valence-electron chi connectivity index (χ4n) is 2.16. The molecule has 3 nitrogen and oxygen atoms in total. The topological polar surface area (TPSA) is 45.9 Å². The Labute approximate surface area is 133 Å². The van der Waals surface area contributed by atoms with Crippen LogP contribution in [0.1, 0.15) is 17.5 Å². The Balaban J connectivity index is 1.99. The largest absolute Gasteiger partial charge is 0.494 e. The smallest absolute Gasteiger partial charge is 0.135 e. The fraction of sp³-hybridized carbons (Fsp3) is 0.111. The van der Waals surface area contributed by atoms with Crippen molar-refractivity contribution in [3.05, 3.63) is 59.1 Å². The van der Waals surface area contributed by atoms with Gasteiger partial charge in [-0.1, -0.05) is 24.3 Å². The normalized spacial score (nSPS) is 11.4. The van der Waals surface area contributed by atoms with Crippen molar-refractivity contribution in [3.8, 4) is 11.8 Å². The minimum atomic E-state index is 0.565. The van der Waals surface area contributed by atoms with Crippen LogP contribution in [0.15, 0.2) is 48.5 Å². The number of nitrogens with zero attached hydrogens (tertiary/aromatic N) is 2. The van der Waals surface area contributed by atoms with E-state index in [1.54, 1.807) is 0 Å². The summed E-state index contributed by atoms with van der Waals surface area (Å²) in [7, 11) is 0. The molecule has 0 saturated heterocycles. The van der Waals surface area contributed by atoms with E-state index < -0.39 is 0 Å². The van der Waals surface area contributed by atoms with Gasteiger partial charge in [0.15, 0.2) is 0 Å². The van der Waals surface area contributed by atoms with Crippen molar-refractivity contribution < 1.29 is 4.74 Å². The first kappa shape index (κ1) is 14.3. The third kappa shape index (κ3) is 3.00. The van der Waals surface area contributed by atoms with E-state index in [9.17, 15) is 5.26 Å². The maximum Gasteiger partial charge on any atom is 0.135 e. The molecule has 0 unspecified atom stereocenters. The molecule has 0 aliphatic rings. The maximum atomic E-state index is 9.46. The molecule has 1 heterocycles. The van der Waals surface area contributed by atoms with E-state index in [1.165, 1.54) is 11.3 Å².